The lowest BCUT2D eigenvalue weighted by Crippen LogP contribution is -2.47. The maximum absolute atomic E-state index is 14.6. The number of aromatic nitrogens is 1. The molecular formula is C23H20ClF2N3O4S. The normalized spacial score (nSPS) is 29.4. The monoisotopic (exact) mass is 507 g/mol. The molecule has 1 N–H and O–H groups in total. The number of hydrogen-bond acceptors (Lipinski definition) is 5. The quantitative estimate of drug-likeness (QED) is 0.606. The molecule has 2 aliphatic heterocycles. The van der Waals surface area contributed by atoms with Gasteiger partial charge < -0.3 is 10.2 Å². The fraction of sp³-hybridized carbons (Fsp3) is 0.435. The van der Waals surface area contributed by atoms with Gasteiger partial charge in [-0.15, -0.1) is 0 Å². The summed E-state index contributed by atoms with van der Waals surface area (Å²) in [4.78, 5) is 32.0. The summed E-state index contributed by atoms with van der Waals surface area (Å²) in [5.74, 6) is -1.80. The molecule has 34 heavy (non-hydrogen) atoms. The smallest absolute Gasteiger partial charge is 0.256 e. The molecule has 7 rings (SSSR count). The Kier molecular flexibility index (Phi) is 4.64. The first kappa shape index (κ1) is 21.9. The molecule has 2 aromatic rings. The highest BCUT2D eigenvalue weighted by Gasteiger charge is 2.86. The number of pyridine rings is 1. The number of sulfone groups is 1. The Hall–Kier alpha value is -2.59. The molecular weight excluding hydrogens is 488 g/mol. The standard InChI is InChI=1S/C23H20ClF2N3O4S/c1-34(32,33)11-4-10(7-27-8-11)23(31)29-20-16-17(20)18(16)21(29)22(30)28-19(9-2-3-9)12-5-15(26)13(24)6-14(12)25/h4-9,16-21H,2-3H2,1H3,(H,28,30)/t16-,17?,18?,19+,20?,21+/m0/s1. The van der Waals surface area contributed by atoms with Crippen molar-refractivity contribution < 1.29 is 26.8 Å². The van der Waals surface area contributed by atoms with Crippen LogP contribution >= 0.6 is 11.6 Å². The van der Waals surface area contributed by atoms with Gasteiger partial charge in [0.05, 0.1) is 21.5 Å². The number of fused-ring (bicyclic) bond motifs is 1. The lowest BCUT2D eigenvalue weighted by molar-refractivity contribution is -0.126. The molecule has 0 radical (unpaired) electrons. The van der Waals surface area contributed by atoms with Gasteiger partial charge in [0, 0.05) is 30.3 Å². The summed E-state index contributed by atoms with van der Waals surface area (Å²) in [7, 11) is -3.56. The summed E-state index contributed by atoms with van der Waals surface area (Å²) >= 11 is 5.68. The van der Waals surface area contributed by atoms with Gasteiger partial charge in [-0.05, 0) is 54.7 Å². The zero-order chi connectivity index (χ0) is 24.1. The van der Waals surface area contributed by atoms with Gasteiger partial charge in [0.1, 0.15) is 17.7 Å². The maximum atomic E-state index is 14.6. The van der Waals surface area contributed by atoms with E-state index in [1.807, 2.05) is 0 Å². The maximum Gasteiger partial charge on any atom is 0.256 e. The van der Waals surface area contributed by atoms with Crippen molar-refractivity contribution in [2.75, 3.05) is 6.26 Å². The minimum Gasteiger partial charge on any atom is -0.347 e. The predicted molar refractivity (Wildman–Crippen MR) is 117 cm³/mol. The van der Waals surface area contributed by atoms with Crippen LogP contribution in [0.4, 0.5) is 8.78 Å². The number of carbonyl (C=O) groups excluding carboxylic acids is 2. The van der Waals surface area contributed by atoms with Gasteiger partial charge in [0.25, 0.3) is 5.91 Å². The Bertz CT molecular complexity index is 1360. The van der Waals surface area contributed by atoms with E-state index in [2.05, 4.69) is 10.3 Å². The summed E-state index contributed by atoms with van der Waals surface area (Å²) < 4.78 is 52.5. The van der Waals surface area contributed by atoms with E-state index < -0.39 is 45.4 Å². The lowest BCUT2D eigenvalue weighted by Gasteiger charge is -2.27. The van der Waals surface area contributed by atoms with Gasteiger partial charge in [-0.2, -0.15) is 0 Å². The zero-order valence-corrected chi connectivity index (χ0v) is 19.5. The molecule has 5 aliphatic rings. The molecule has 3 unspecified atom stereocenters. The molecule has 2 saturated heterocycles. The molecule has 3 saturated carbocycles. The second-order valence-corrected chi connectivity index (χ2v) is 12.1. The molecule has 5 fully saturated rings. The molecule has 11 heteroatoms. The molecule has 3 aliphatic carbocycles. The molecule has 7 nitrogen and oxygen atoms in total. The molecule has 2 amide bonds. The number of benzene rings is 1. The number of carbonyl (C=O) groups is 2. The second kappa shape index (κ2) is 7.21. The third-order valence-corrected chi connectivity index (χ3v) is 8.85. The van der Waals surface area contributed by atoms with Crippen molar-refractivity contribution >= 4 is 33.3 Å². The van der Waals surface area contributed by atoms with E-state index in [4.69, 9.17) is 11.6 Å². The van der Waals surface area contributed by atoms with Gasteiger partial charge in [-0.3, -0.25) is 14.6 Å². The van der Waals surface area contributed by atoms with Crippen LogP contribution in [0.25, 0.3) is 0 Å². The van der Waals surface area contributed by atoms with Crippen LogP contribution < -0.4 is 5.32 Å². The van der Waals surface area contributed by atoms with Gasteiger partial charge in [0.15, 0.2) is 9.84 Å². The van der Waals surface area contributed by atoms with Crippen molar-refractivity contribution in [2.24, 2.45) is 23.7 Å². The molecule has 178 valence electrons. The van der Waals surface area contributed by atoms with Gasteiger partial charge in [0.2, 0.25) is 5.91 Å². The van der Waals surface area contributed by atoms with Gasteiger partial charge in [-0.25, -0.2) is 17.2 Å². The Morgan fingerprint density at radius 1 is 1.12 bits per heavy atom. The molecule has 3 heterocycles. The topological polar surface area (TPSA) is 96.4 Å². The van der Waals surface area contributed by atoms with E-state index in [1.165, 1.54) is 23.4 Å². The first-order chi connectivity index (χ1) is 16.1. The Balaban J connectivity index is 1.27. The summed E-state index contributed by atoms with van der Waals surface area (Å²) in [6, 6.07) is 1.67. The Morgan fingerprint density at radius 3 is 2.47 bits per heavy atom. The summed E-state index contributed by atoms with van der Waals surface area (Å²) in [5, 5.41) is 2.54. The van der Waals surface area contributed by atoms with Crippen LogP contribution in [-0.2, 0) is 14.6 Å². The van der Waals surface area contributed by atoms with Crippen molar-refractivity contribution in [3.05, 3.63) is 58.4 Å². The number of amides is 2. The van der Waals surface area contributed by atoms with E-state index in [0.29, 0.717) is 0 Å². The highest BCUT2D eigenvalue weighted by Crippen LogP contribution is 2.78. The minimum atomic E-state index is -3.56. The van der Waals surface area contributed by atoms with Crippen LogP contribution in [-0.4, -0.2) is 48.5 Å². The molecule has 2 bridgehead atoms. The van der Waals surface area contributed by atoms with Gasteiger partial charge >= 0.3 is 0 Å². The van der Waals surface area contributed by atoms with E-state index >= 15 is 0 Å². The Morgan fingerprint density at radius 2 is 1.82 bits per heavy atom. The first-order valence-electron chi connectivity index (χ1n) is 11.0. The minimum absolute atomic E-state index is 0.0254. The number of halogens is 3. The number of rotatable bonds is 6. The van der Waals surface area contributed by atoms with Crippen LogP contribution in [0.2, 0.25) is 5.02 Å². The fourth-order valence-electron chi connectivity index (χ4n) is 5.54. The summed E-state index contributed by atoms with van der Waals surface area (Å²) in [6.07, 6.45) is 5.02. The molecule has 6 atom stereocenters. The van der Waals surface area contributed by atoms with Crippen molar-refractivity contribution in [3.8, 4) is 0 Å². The average molecular weight is 508 g/mol. The largest absolute Gasteiger partial charge is 0.347 e. The second-order valence-electron chi connectivity index (χ2n) is 9.67. The molecule has 1 aromatic heterocycles. The van der Waals surface area contributed by atoms with E-state index in [-0.39, 0.29) is 50.8 Å². The highest BCUT2D eigenvalue weighted by atomic mass is 35.5. The van der Waals surface area contributed by atoms with Crippen LogP contribution in [0, 0.1) is 35.3 Å². The van der Waals surface area contributed by atoms with Crippen LogP contribution in [0.15, 0.2) is 35.5 Å². The predicted octanol–water partition coefficient (Wildman–Crippen LogP) is 2.75. The highest BCUT2D eigenvalue weighted by molar-refractivity contribution is 7.90. The van der Waals surface area contributed by atoms with Gasteiger partial charge in [-0.1, -0.05) is 11.6 Å². The SMILES string of the molecule is CS(=O)(=O)c1cncc(C(=O)N2C3C4C([C@H]43)[C@@H]2C(=O)N[C@@H](c2cc(F)c(Cl)cc2F)C2CC2)c1. The lowest BCUT2D eigenvalue weighted by atomic mass is 10.00. The zero-order valence-electron chi connectivity index (χ0n) is 17.9. The van der Waals surface area contributed by atoms with E-state index in [0.717, 1.165) is 31.2 Å². The average Bonchev–Trinajstić information content (AvgIpc) is 3.73. The number of nitrogens with one attached hydrogen (secondary N) is 1. The third kappa shape index (κ3) is 3.33. The van der Waals surface area contributed by atoms with Crippen molar-refractivity contribution in [3.63, 3.8) is 0 Å². The van der Waals surface area contributed by atoms with Crippen LogP contribution in [0.3, 0.4) is 0 Å². The van der Waals surface area contributed by atoms with Crippen LogP contribution in [0.1, 0.15) is 34.8 Å². The fourth-order valence-corrected chi connectivity index (χ4v) is 6.29. The van der Waals surface area contributed by atoms with E-state index in [9.17, 15) is 26.8 Å². The van der Waals surface area contributed by atoms with Crippen molar-refractivity contribution in [1.29, 1.82) is 0 Å². The number of hydrogen-bond donors (Lipinski definition) is 1. The van der Waals surface area contributed by atoms with Crippen molar-refractivity contribution in [2.45, 2.75) is 35.9 Å². The number of nitrogens with zero attached hydrogens (tertiary/aromatic N) is 2. The van der Waals surface area contributed by atoms with Crippen LogP contribution in [0.5, 0.6) is 0 Å². The summed E-state index contributed by atoms with van der Waals surface area (Å²) in [6.45, 7) is 0. The number of piperidine rings is 1. The molecule has 1 aromatic carbocycles. The third-order valence-electron chi connectivity index (χ3n) is 7.48. The van der Waals surface area contributed by atoms with Crippen molar-refractivity contribution in [1.82, 2.24) is 15.2 Å². The Labute approximate surface area is 199 Å². The molecule has 0 spiro atoms. The van der Waals surface area contributed by atoms with E-state index in [1.54, 1.807) is 0 Å². The first-order valence-corrected chi connectivity index (χ1v) is 13.3. The summed E-state index contributed by atoms with van der Waals surface area (Å²) in [5.41, 5.74) is 0.135.